The molecule has 1 atom stereocenters. The molecular weight excluding hydrogens is 528 g/mol. The van der Waals surface area contributed by atoms with Crippen molar-refractivity contribution in [1.82, 2.24) is 15.2 Å². The van der Waals surface area contributed by atoms with Gasteiger partial charge < -0.3 is 15.1 Å². The molecule has 2 aliphatic heterocycles. The number of fused-ring (bicyclic) bond motifs is 1. The molecule has 1 aliphatic carbocycles. The van der Waals surface area contributed by atoms with Gasteiger partial charge in [0, 0.05) is 49.8 Å². The third kappa shape index (κ3) is 5.07. The molecule has 4 heterocycles. The first-order chi connectivity index (χ1) is 18.7. The van der Waals surface area contributed by atoms with E-state index in [9.17, 15) is 9.59 Å². The van der Waals surface area contributed by atoms with E-state index in [2.05, 4.69) is 47.2 Å². The molecule has 0 bridgehead atoms. The van der Waals surface area contributed by atoms with Crippen LogP contribution in [-0.4, -0.2) is 47.9 Å². The van der Waals surface area contributed by atoms with Gasteiger partial charge in [0.2, 0.25) is 0 Å². The SMILES string of the molecule is CC1(C)CC(NC(=O)c2sccc2Cl)c2cc(C(=O)N3CCC4(CC3)CCN(c3ccncc3)CC4)ccc21. The number of aromatic nitrogens is 1. The van der Waals surface area contributed by atoms with Crippen molar-refractivity contribution in [2.24, 2.45) is 5.41 Å². The first kappa shape index (κ1) is 26.3. The van der Waals surface area contributed by atoms with Gasteiger partial charge in [-0.2, -0.15) is 0 Å². The number of benzene rings is 1. The second kappa shape index (κ2) is 10.3. The highest BCUT2D eigenvalue weighted by molar-refractivity contribution is 7.12. The standard InChI is InChI=1S/C31H35ClN4O2S/c1-30(2)20-26(34-28(37)27-25(32)7-18-39-27)23-19-21(3-4-24(23)30)29(38)36-16-10-31(11-17-36)8-14-35(15-9-31)22-5-12-33-13-6-22/h3-7,12-13,18-19,26H,8-11,14-17,20H2,1-2H3,(H,34,37). The first-order valence-corrected chi connectivity index (χ1v) is 15.1. The highest BCUT2D eigenvalue weighted by Gasteiger charge is 2.41. The summed E-state index contributed by atoms with van der Waals surface area (Å²) in [6, 6.07) is 11.9. The van der Waals surface area contributed by atoms with E-state index >= 15 is 0 Å². The minimum absolute atomic E-state index is 0.0866. The first-order valence-electron chi connectivity index (χ1n) is 13.9. The van der Waals surface area contributed by atoms with Gasteiger partial charge in [-0.25, -0.2) is 0 Å². The minimum atomic E-state index is -0.156. The van der Waals surface area contributed by atoms with E-state index in [0.717, 1.165) is 51.0 Å². The van der Waals surface area contributed by atoms with Gasteiger partial charge in [-0.05, 0) is 89.8 Å². The Hall–Kier alpha value is -2.90. The van der Waals surface area contributed by atoms with Crippen molar-refractivity contribution >= 4 is 40.4 Å². The van der Waals surface area contributed by atoms with Crippen molar-refractivity contribution in [3.8, 4) is 0 Å². The number of piperidine rings is 2. The summed E-state index contributed by atoms with van der Waals surface area (Å²) in [5, 5.41) is 5.49. The fourth-order valence-corrected chi connectivity index (χ4v) is 7.84. The number of hydrogen-bond acceptors (Lipinski definition) is 5. The molecule has 6 nitrogen and oxygen atoms in total. The molecule has 2 saturated heterocycles. The number of likely N-dealkylation sites (tertiary alicyclic amines) is 1. The molecule has 3 aliphatic rings. The quantitative estimate of drug-likeness (QED) is 0.396. The van der Waals surface area contributed by atoms with E-state index < -0.39 is 0 Å². The Morgan fingerprint density at radius 1 is 1.00 bits per heavy atom. The lowest BCUT2D eigenvalue weighted by Gasteiger charge is -2.47. The number of anilines is 1. The summed E-state index contributed by atoms with van der Waals surface area (Å²) in [5.74, 6) is -0.0605. The van der Waals surface area contributed by atoms with Gasteiger partial charge in [-0.15, -0.1) is 11.3 Å². The third-order valence-corrected chi connectivity index (χ3v) is 10.5. The number of halogens is 1. The Bertz CT molecular complexity index is 1370. The van der Waals surface area contributed by atoms with Crippen LogP contribution in [0.25, 0.3) is 0 Å². The molecular formula is C31H35ClN4O2S. The van der Waals surface area contributed by atoms with Gasteiger partial charge in [-0.3, -0.25) is 14.6 Å². The average Bonchev–Trinajstić information content (AvgIpc) is 3.49. The fourth-order valence-electron chi connectivity index (χ4n) is 6.80. The summed E-state index contributed by atoms with van der Waals surface area (Å²) >= 11 is 7.56. The van der Waals surface area contributed by atoms with E-state index in [1.165, 1.54) is 35.4 Å². The molecule has 204 valence electrons. The van der Waals surface area contributed by atoms with Crippen LogP contribution in [0.5, 0.6) is 0 Å². The monoisotopic (exact) mass is 562 g/mol. The lowest BCUT2D eigenvalue weighted by molar-refractivity contribution is 0.0515. The number of hydrogen-bond donors (Lipinski definition) is 1. The summed E-state index contributed by atoms with van der Waals surface area (Å²) in [5.41, 5.74) is 4.45. The molecule has 1 spiro atoms. The number of carbonyl (C=O) groups is 2. The molecule has 0 saturated carbocycles. The van der Waals surface area contributed by atoms with E-state index in [0.29, 0.717) is 20.9 Å². The van der Waals surface area contributed by atoms with E-state index in [4.69, 9.17) is 11.6 Å². The van der Waals surface area contributed by atoms with Crippen LogP contribution in [0.3, 0.4) is 0 Å². The maximum absolute atomic E-state index is 13.6. The summed E-state index contributed by atoms with van der Waals surface area (Å²) in [7, 11) is 0. The molecule has 2 aromatic heterocycles. The van der Waals surface area contributed by atoms with Crippen LogP contribution in [-0.2, 0) is 5.41 Å². The molecule has 1 N–H and O–H groups in total. The van der Waals surface area contributed by atoms with Crippen molar-refractivity contribution in [2.75, 3.05) is 31.1 Å². The fraction of sp³-hybridized carbons (Fsp3) is 0.452. The number of nitrogens with zero attached hydrogens (tertiary/aromatic N) is 3. The predicted molar refractivity (Wildman–Crippen MR) is 157 cm³/mol. The van der Waals surface area contributed by atoms with Crippen molar-refractivity contribution in [3.63, 3.8) is 0 Å². The smallest absolute Gasteiger partial charge is 0.263 e. The number of amides is 2. The van der Waals surface area contributed by atoms with Crippen molar-refractivity contribution in [1.29, 1.82) is 0 Å². The molecule has 2 fully saturated rings. The Morgan fingerprint density at radius 3 is 2.36 bits per heavy atom. The number of thiophene rings is 1. The van der Waals surface area contributed by atoms with E-state index in [-0.39, 0.29) is 23.3 Å². The maximum atomic E-state index is 13.6. The van der Waals surface area contributed by atoms with Crippen molar-refractivity contribution in [3.05, 3.63) is 80.8 Å². The van der Waals surface area contributed by atoms with E-state index in [1.54, 1.807) is 6.07 Å². The van der Waals surface area contributed by atoms with E-state index in [1.807, 2.05) is 34.8 Å². The molecule has 1 unspecified atom stereocenters. The van der Waals surface area contributed by atoms with Gasteiger partial charge in [-0.1, -0.05) is 31.5 Å². The lowest BCUT2D eigenvalue weighted by Crippen LogP contribution is -2.48. The number of rotatable bonds is 4. The summed E-state index contributed by atoms with van der Waals surface area (Å²) < 4.78 is 0. The predicted octanol–water partition coefficient (Wildman–Crippen LogP) is 6.47. The largest absolute Gasteiger partial charge is 0.371 e. The molecule has 8 heteroatoms. The number of pyridine rings is 1. The minimum Gasteiger partial charge on any atom is -0.371 e. The highest BCUT2D eigenvalue weighted by atomic mass is 35.5. The Kier molecular flexibility index (Phi) is 6.92. The Morgan fingerprint density at radius 2 is 1.69 bits per heavy atom. The summed E-state index contributed by atoms with van der Waals surface area (Å²) in [6.07, 6.45) is 8.96. The summed E-state index contributed by atoms with van der Waals surface area (Å²) in [6.45, 7) is 8.11. The highest BCUT2D eigenvalue weighted by Crippen LogP contribution is 2.46. The number of nitrogens with one attached hydrogen (secondary N) is 1. The lowest BCUT2D eigenvalue weighted by atomic mass is 9.71. The second-order valence-electron chi connectivity index (χ2n) is 12.0. The van der Waals surface area contributed by atoms with Crippen LogP contribution >= 0.6 is 22.9 Å². The second-order valence-corrected chi connectivity index (χ2v) is 13.3. The van der Waals surface area contributed by atoms with Gasteiger partial charge in [0.1, 0.15) is 4.88 Å². The van der Waals surface area contributed by atoms with Crippen LogP contribution < -0.4 is 10.2 Å². The average molecular weight is 563 g/mol. The zero-order valence-electron chi connectivity index (χ0n) is 22.6. The zero-order valence-corrected chi connectivity index (χ0v) is 24.2. The van der Waals surface area contributed by atoms with Crippen LogP contribution in [0.1, 0.15) is 83.1 Å². The molecule has 1 aromatic carbocycles. The van der Waals surface area contributed by atoms with Gasteiger partial charge >= 0.3 is 0 Å². The van der Waals surface area contributed by atoms with Crippen molar-refractivity contribution in [2.45, 2.75) is 57.4 Å². The van der Waals surface area contributed by atoms with Crippen molar-refractivity contribution < 1.29 is 9.59 Å². The van der Waals surface area contributed by atoms with Gasteiger partial charge in [0.05, 0.1) is 11.1 Å². The third-order valence-electron chi connectivity index (χ3n) is 9.21. The normalized spacial score (nSPS) is 21.6. The van der Waals surface area contributed by atoms with Crippen LogP contribution in [0.4, 0.5) is 5.69 Å². The molecule has 39 heavy (non-hydrogen) atoms. The zero-order chi connectivity index (χ0) is 27.2. The van der Waals surface area contributed by atoms with Crippen LogP contribution in [0, 0.1) is 5.41 Å². The molecule has 0 radical (unpaired) electrons. The van der Waals surface area contributed by atoms with Crippen LogP contribution in [0.2, 0.25) is 5.02 Å². The maximum Gasteiger partial charge on any atom is 0.263 e. The van der Waals surface area contributed by atoms with Crippen LogP contribution in [0.15, 0.2) is 54.2 Å². The number of carbonyl (C=O) groups excluding carboxylic acids is 2. The summed E-state index contributed by atoms with van der Waals surface area (Å²) in [4.78, 5) is 35.7. The van der Waals surface area contributed by atoms with Gasteiger partial charge in [0.25, 0.3) is 11.8 Å². The van der Waals surface area contributed by atoms with Gasteiger partial charge in [0.15, 0.2) is 0 Å². The topological polar surface area (TPSA) is 65.5 Å². The molecule has 2 amide bonds. The molecule has 6 rings (SSSR count). The Balaban J connectivity index is 1.12. The molecule has 3 aromatic rings. The Labute approximate surface area is 239 Å².